The van der Waals surface area contributed by atoms with Crippen LogP contribution in [-0.4, -0.2) is 47.8 Å². The summed E-state index contributed by atoms with van der Waals surface area (Å²) in [6.45, 7) is 0. The maximum Gasteiger partial charge on any atom is 0.348 e. The normalized spacial score (nSPS) is 25.1. The second-order valence-electron chi connectivity index (χ2n) is 8.32. The van der Waals surface area contributed by atoms with E-state index in [1.54, 1.807) is 48.5 Å². The molecule has 0 radical (unpaired) electrons. The van der Waals surface area contributed by atoms with Gasteiger partial charge in [-0.25, -0.2) is 4.79 Å². The Balaban J connectivity index is 1.69. The molecule has 3 atom stereocenters. The Morgan fingerprint density at radius 3 is 1.86 bits per heavy atom. The first-order valence-corrected chi connectivity index (χ1v) is 10.4. The third-order valence-electron chi connectivity index (χ3n) is 6.37. The number of esters is 1. The van der Waals surface area contributed by atoms with Gasteiger partial charge in [0.25, 0.3) is 0 Å². The van der Waals surface area contributed by atoms with Crippen LogP contribution in [0.15, 0.2) is 60.7 Å². The zero-order valence-electron chi connectivity index (χ0n) is 16.4. The lowest BCUT2D eigenvalue weighted by Crippen LogP contribution is -2.57. The number of piperidine rings is 1. The summed E-state index contributed by atoms with van der Waals surface area (Å²) in [6, 6.07) is 14.0. The minimum atomic E-state index is -2.09. The number of aliphatic hydroxyl groups is 1. The van der Waals surface area contributed by atoms with E-state index in [1.165, 1.54) is 0 Å². The molecule has 152 valence electrons. The fraction of sp³-hybridized carbons (Fsp3) is 0.348. The molecule has 0 aliphatic carbocycles. The second-order valence-corrected chi connectivity index (χ2v) is 9.13. The maximum absolute atomic E-state index is 13.4. The number of hydrogen-bond acceptors (Lipinski definition) is 3. The van der Waals surface area contributed by atoms with E-state index in [0.29, 0.717) is 24.9 Å². The molecule has 2 bridgehead atoms. The molecule has 0 saturated carbocycles. The molecule has 1 N–H and O–H groups in total. The molecule has 4 nitrogen and oxygen atoms in total. The number of halogens is 2. The molecule has 0 spiro atoms. The largest absolute Gasteiger partial charge is 0.459 e. The van der Waals surface area contributed by atoms with Crippen LogP contribution in [0.3, 0.4) is 0 Å². The van der Waals surface area contributed by atoms with Crippen molar-refractivity contribution in [3.05, 3.63) is 81.9 Å². The number of hydrogen-bond donors (Lipinski definition) is 1. The van der Waals surface area contributed by atoms with Gasteiger partial charge in [0, 0.05) is 34.0 Å². The van der Waals surface area contributed by atoms with Gasteiger partial charge in [0.2, 0.25) is 5.60 Å². The van der Waals surface area contributed by atoms with Gasteiger partial charge < -0.3 is 14.3 Å². The first-order chi connectivity index (χ1) is 13.7. The highest BCUT2D eigenvalue weighted by molar-refractivity contribution is 6.33. The molecule has 1 saturated heterocycles. The van der Waals surface area contributed by atoms with E-state index in [1.807, 2.05) is 0 Å². The Kier molecular flexibility index (Phi) is 5.24. The van der Waals surface area contributed by atoms with Crippen LogP contribution in [0.5, 0.6) is 0 Å². The summed E-state index contributed by atoms with van der Waals surface area (Å²) < 4.78 is 6.76. The maximum atomic E-state index is 13.4. The van der Waals surface area contributed by atoms with E-state index in [0.717, 1.165) is 4.48 Å². The standard InChI is InChI=1S/C23H24Cl2NO3/c1-26(2)15-11-12-16(26)14-17(13-15)29-22(27)23(28,18-7-3-5-9-20(18)24)19-8-4-6-10-21(19)25/h3-12,15-17,28H,13-14H2,1-2H3/q+1/t15-,16?,17?/m1/s1. The number of quaternary nitrogens is 1. The monoisotopic (exact) mass is 432 g/mol. The van der Waals surface area contributed by atoms with Crippen LogP contribution in [0.2, 0.25) is 10.0 Å². The SMILES string of the molecule is C[N+]1(C)C2C=C[C@@H]1CC(OC(=O)C(O)(c1ccccc1Cl)c1ccccc1Cl)C2. The Labute approximate surface area is 180 Å². The van der Waals surface area contributed by atoms with Crippen LogP contribution >= 0.6 is 23.2 Å². The minimum absolute atomic E-state index is 0.257. The smallest absolute Gasteiger partial charge is 0.348 e. The summed E-state index contributed by atoms with van der Waals surface area (Å²) in [4.78, 5) is 13.4. The number of nitrogens with zero attached hydrogens (tertiary/aromatic N) is 1. The molecule has 29 heavy (non-hydrogen) atoms. The highest BCUT2D eigenvalue weighted by Crippen LogP contribution is 2.41. The van der Waals surface area contributed by atoms with Crippen molar-refractivity contribution < 1.29 is 19.1 Å². The third kappa shape index (κ3) is 3.38. The number of likely N-dealkylation sites (N-methyl/N-ethyl adjacent to an activating group) is 1. The zero-order valence-corrected chi connectivity index (χ0v) is 17.9. The molecule has 2 aromatic carbocycles. The van der Waals surface area contributed by atoms with Crippen LogP contribution in [-0.2, 0) is 15.1 Å². The van der Waals surface area contributed by atoms with Crippen molar-refractivity contribution in [3.8, 4) is 0 Å². The predicted octanol–water partition coefficient (Wildman–Crippen LogP) is 4.32. The van der Waals surface area contributed by atoms with Gasteiger partial charge in [-0.3, -0.25) is 0 Å². The topological polar surface area (TPSA) is 46.5 Å². The van der Waals surface area contributed by atoms with Crippen LogP contribution < -0.4 is 0 Å². The number of ether oxygens (including phenoxy) is 1. The lowest BCUT2D eigenvalue weighted by atomic mass is 9.86. The molecule has 0 aromatic heterocycles. The lowest BCUT2D eigenvalue weighted by molar-refractivity contribution is -0.926. The summed E-state index contributed by atoms with van der Waals surface area (Å²) in [7, 11) is 4.38. The fourth-order valence-corrected chi connectivity index (χ4v) is 5.03. The third-order valence-corrected chi connectivity index (χ3v) is 7.03. The van der Waals surface area contributed by atoms with E-state index in [-0.39, 0.29) is 27.3 Å². The number of carbonyl (C=O) groups excluding carboxylic acids is 1. The minimum Gasteiger partial charge on any atom is -0.459 e. The molecule has 0 amide bonds. The highest BCUT2D eigenvalue weighted by Gasteiger charge is 2.50. The first kappa shape index (κ1) is 20.4. The summed E-state index contributed by atoms with van der Waals surface area (Å²) in [6.07, 6.45) is 5.55. The van der Waals surface area contributed by atoms with Crippen LogP contribution in [0.25, 0.3) is 0 Å². The molecule has 2 heterocycles. The van der Waals surface area contributed by atoms with Gasteiger partial charge in [0.15, 0.2) is 0 Å². The predicted molar refractivity (Wildman–Crippen MR) is 114 cm³/mol. The Bertz CT molecular complexity index is 909. The van der Waals surface area contributed by atoms with Crippen LogP contribution in [0.4, 0.5) is 0 Å². The van der Waals surface area contributed by atoms with E-state index < -0.39 is 11.6 Å². The lowest BCUT2D eigenvalue weighted by Gasteiger charge is -2.44. The molecular weight excluding hydrogens is 409 g/mol. The first-order valence-electron chi connectivity index (χ1n) is 9.69. The molecule has 2 aromatic rings. The van der Waals surface area contributed by atoms with Crippen molar-refractivity contribution in [2.75, 3.05) is 14.1 Å². The van der Waals surface area contributed by atoms with Crippen LogP contribution in [0, 0.1) is 0 Å². The van der Waals surface area contributed by atoms with E-state index in [2.05, 4.69) is 26.2 Å². The quantitative estimate of drug-likeness (QED) is 0.444. The Hall–Kier alpha value is -1.85. The Morgan fingerprint density at radius 1 is 0.966 bits per heavy atom. The van der Waals surface area contributed by atoms with Gasteiger partial charge in [0.1, 0.15) is 18.2 Å². The summed E-state index contributed by atoms with van der Waals surface area (Å²) in [5.74, 6) is -0.754. The fourth-order valence-electron chi connectivity index (χ4n) is 4.49. The Morgan fingerprint density at radius 2 is 1.41 bits per heavy atom. The molecule has 6 heteroatoms. The zero-order chi connectivity index (χ0) is 20.8. The number of rotatable bonds is 4. The highest BCUT2D eigenvalue weighted by atomic mass is 35.5. The van der Waals surface area contributed by atoms with Crippen LogP contribution in [0.1, 0.15) is 24.0 Å². The molecule has 2 aliphatic heterocycles. The number of fused-ring (bicyclic) bond motifs is 2. The second kappa shape index (κ2) is 7.44. The van der Waals surface area contributed by atoms with Gasteiger partial charge in [0.05, 0.1) is 14.1 Å². The van der Waals surface area contributed by atoms with E-state index in [9.17, 15) is 9.90 Å². The van der Waals surface area contributed by atoms with Crippen molar-refractivity contribution in [3.63, 3.8) is 0 Å². The average molecular weight is 433 g/mol. The molecule has 2 aliphatic rings. The van der Waals surface area contributed by atoms with Gasteiger partial charge in [-0.15, -0.1) is 0 Å². The molecule has 4 rings (SSSR count). The average Bonchev–Trinajstić information content (AvgIpc) is 2.85. The summed E-state index contributed by atoms with van der Waals surface area (Å²) in [5.41, 5.74) is -1.58. The van der Waals surface area contributed by atoms with Crippen molar-refractivity contribution in [1.82, 2.24) is 0 Å². The van der Waals surface area contributed by atoms with Gasteiger partial charge >= 0.3 is 5.97 Å². The van der Waals surface area contributed by atoms with Crippen molar-refractivity contribution in [1.29, 1.82) is 0 Å². The van der Waals surface area contributed by atoms with E-state index in [4.69, 9.17) is 27.9 Å². The number of carbonyl (C=O) groups is 1. The molecule has 1 fully saturated rings. The van der Waals surface area contributed by atoms with Gasteiger partial charge in [-0.05, 0) is 24.3 Å². The summed E-state index contributed by atoms with van der Waals surface area (Å²) >= 11 is 12.7. The van der Waals surface area contributed by atoms with Gasteiger partial charge in [-0.2, -0.15) is 0 Å². The number of benzene rings is 2. The molecule has 2 unspecified atom stereocenters. The van der Waals surface area contributed by atoms with Crippen molar-refractivity contribution in [2.45, 2.75) is 36.6 Å². The summed E-state index contributed by atoms with van der Waals surface area (Å²) in [5, 5.41) is 12.2. The molecular formula is C23H24Cl2NO3+. The van der Waals surface area contributed by atoms with Gasteiger partial charge in [-0.1, -0.05) is 59.6 Å². The van der Waals surface area contributed by atoms with Crippen molar-refractivity contribution >= 4 is 29.2 Å². The van der Waals surface area contributed by atoms with Crippen molar-refractivity contribution in [2.24, 2.45) is 0 Å². The van der Waals surface area contributed by atoms with E-state index >= 15 is 0 Å².